The Balaban J connectivity index is 2.51. The van der Waals surface area contributed by atoms with Crippen LogP contribution in [0, 0.1) is 0 Å². The molecule has 0 unspecified atom stereocenters. The van der Waals surface area contributed by atoms with Crippen LogP contribution in [0.4, 0.5) is 26.3 Å². The highest BCUT2D eigenvalue weighted by atomic mass is 19.4. The van der Waals surface area contributed by atoms with Crippen LogP contribution in [0.25, 0.3) is 0 Å². The van der Waals surface area contributed by atoms with E-state index in [-0.39, 0.29) is 45.8 Å². The van der Waals surface area contributed by atoms with Gasteiger partial charge in [0.15, 0.2) is 0 Å². The monoisotopic (exact) mass is 364 g/mol. The number of aliphatic hydroxyl groups excluding tert-OH is 1. The Morgan fingerprint density at radius 1 is 1.04 bits per heavy atom. The quantitative estimate of drug-likeness (QED) is 0.548. The first-order chi connectivity index (χ1) is 11.1. The van der Waals surface area contributed by atoms with E-state index in [2.05, 4.69) is 10.7 Å². The van der Waals surface area contributed by atoms with Crippen molar-refractivity contribution in [1.29, 1.82) is 0 Å². The van der Waals surface area contributed by atoms with Crippen LogP contribution in [-0.4, -0.2) is 60.3 Å². The molecule has 0 aliphatic carbocycles. The van der Waals surface area contributed by atoms with Crippen molar-refractivity contribution in [3.8, 4) is 0 Å². The van der Waals surface area contributed by atoms with E-state index in [9.17, 15) is 26.3 Å². The van der Waals surface area contributed by atoms with Crippen molar-refractivity contribution >= 4 is 0 Å². The van der Waals surface area contributed by atoms with Crippen molar-refractivity contribution in [2.75, 3.05) is 32.9 Å². The van der Waals surface area contributed by atoms with Crippen LogP contribution in [0.3, 0.4) is 0 Å². The summed E-state index contributed by atoms with van der Waals surface area (Å²) in [6, 6.07) is 0. The highest BCUT2D eigenvalue weighted by molar-refractivity contribution is 4.99. The molecular formula is C13H22F6N4O. The van der Waals surface area contributed by atoms with Gasteiger partial charge in [-0.3, -0.25) is 0 Å². The maximum atomic E-state index is 12.2. The summed E-state index contributed by atoms with van der Waals surface area (Å²) in [6.07, 6.45) is -8.99. The standard InChI is InChI=1S/C13H22F6N4O/c14-12(15,16)3-1-6-22-9-11(20-5-8-24)21-23(10-22)7-2-4-13(17,18)19/h9,20-21,24H,1-8,10H2. The molecule has 0 saturated carbocycles. The lowest BCUT2D eigenvalue weighted by Gasteiger charge is -2.37. The topological polar surface area (TPSA) is 50.8 Å². The van der Waals surface area contributed by atoms with E-state index in [1.807, 2.05) is 0 Å². The second kappa shape index (κ2) is 9.21. The number of hydrogen-bond donors (Lipinski definition) is 3. The molecule has 1 aliphatic heterocycles. The largest absolute Gasteiger partial charge is 0.395 e. The zero-order valence-electron chi connectivity index (χ0n) is 13.1. The summed E-state index contributed by atoms with van der Waals surface area (Å²) in [5, 5.41) is 13.1. The van der Waals surface area contributed by atoms with Crippen LogP contribution >= 0.6 is 0 Å². The Labute approximate surface area is 136 Å². The maximum Gasteiger partial charge on any atom is 0.389 e. The molecule has 24 heavy (non-hydrogen) atoms. The van der Waals surface area contributed by atoms with Gasteiger partial charge < -0.3 is 20.7 Å². The van der Waals surface area contributed by atoms with Gasteiger partial charge in [0.25, 0.3) is 0 Å². The summed E-state index contributed by atoms with van der Waals surface area (Å²) < 4.78 is 73.2. The smallest absolute Gasteiger partial charge is 0.389 e. The van der Waals surface area contributed by atoms with Gasteiger partial charge in [0, 0.05) is 38.7 Å². The average molecular weight is 364 g/mol. The molecular weight excluding hydrogens is 342 g/mol. The molecule has 1 rings (SSSR count). The first-order valence-electron chi connectivity index (χ1n) is 7.55. The van der Waals surface area contributed by atoms with Crippen LogP contribution in [-0.2, 0) is 0 Å². The SMILES string of the molecule is OCCNC1=CN(CCCC(F)(F)F)CN(CCCC(F)(F)F)N1. The van der Waals surface area contributed by atoms with Crippen LogP contribution < -0.4 is 10.7 Å². The molecule has 0 aromatic rings. The van der Waals surface area contributed by atoms with Crippen molar-refractivity contribution in [2.24, 2.45) is 0 Å². The second-order valence-electron chi connectivity index (χ2n) is 5.46. The van der Waals surface area contributed by atoms with Gasteiger partial charge in [-0.1, -0.05) is 0 Å². The van der Waals surface area contributed by atoms with Crippen molar-refractivity contribution in [3.05, 3.63) is 12.0 Å². The minimum atomic E-state index is -4.24. The minimum absolute atomic E-state index is 0.0907. The predicted octanol–water partition coefficient (Wildman–Crippen LogP) is 2.13. The molecule has 0 aromatic heterocycles. The molecule has 11 heteroatoms. The van der Waals surface area contributed by atoms with E-state index in [1.54, 1.807) is 11.1 Å². The number of hydrazine groups is 1. The molecule has 1 aliphatic rings. The Kier molecular flexibility index (Phi) is 7.94. The summed E-state index contributed by atoms with van der Waals surface area (Å²) >= 11 is 0. The molecule has 0 fully saturated rings. The second-order valence-corrected chi connectivity index (χ2v) is 5.46. The lowest BCUT2D eigenvalue weighted by atomic mass is 10.3. The highest BCUT2D eigenvalue weighted by Gasteiger charge is 2.28. The summed E-state index contributed by atoms with van der Waals surface area (Å²) in [5.74, 6) is 0.425. The summed E-state index contributed by atoms with van der Waals surface area (Å²) in [7, 11) is 0. The van der Waals surface area contributed by atoms with Crippen molar-refractivity contribution in [1.82, 2.24) is 20.7 Å². The molecule has 1 heterocycles. The molecule has 0 saturated heterocycles. The lowest BCUT2D eigenvalue weighted by molar-refractivity contribution is -0.136. The summed E-state index contributed by atoms with van der Waals surface area (Å²) in [6.45, 7) is 0.460. The van der Waals surface area contributed by atoms with E-state index < -0.39 is 25.2 Å². The number of halogens is 6. The van der Waals surface area contributed by atoms with E-state index in [0.29, 0.717) is 5.82 Å². The molecule has 0 aromatic carbocycles. The molecule has 3 N–H and O–H groups in total. The van der Waals surface area contributed by atoms with Crippen molar-refractivity contribution in [2.45, 2.75) is 38.0 Å². The van der Waals surface area contributed by atoms with Gasteiger partial charge in [-0.2, -0.15) is 26.3 Å². The van der Waals surface area contributed by atoms with Crippen molar-refractivity contribution in [3.63, 3.8) is 0 Å². The summed E-state index contributed by atoms with van der Waals surface area (Å²) in [5.41, 5.74) is 2.85. The fourth-order valence-corrected chi connectivity index (χ4v) is 2.17. The van der Waals surface area contributed by atoms with Crippen LogP contribution in [0.5, 0.6) is 0 Å². The number of alkyl halides is 6. The molecule has 0 bridgehead atoms. The van der Waals surface area contributed by atoms with Gasteiger partial charge in [0.1, 0.15) is 5.82 Å². The number of nitrogens with one attached hydrogen (secondary N) is 2. The Bertz CT molecular complexity index is 399. The Hall–Kier alpha value is -1.36. The molecule has 0 radical (unpaired) electrons. The first-order valence-corrected chi connectivity index (χ1v) is 7.55. The fourth-order valence-electron chi connectivity index (χ4n) is 2.17. The van der Waals surface area contributed by atoms with Gasteiger partial charge in [-0.15, -0.1) is 0 Å². The Morgan fingerprint density at radius 2 is 1.62 bits per heavy atom. The van der Waals surface area contributed by atoms with Gasteiger partial charge >= 0.3 is 12.4 Å². The van der Waals surface area contributed by atoms with Crippen LogP contribution in [0.2, 0.25) is 0 Å². The normalized spacial score (nSPS) is 16.8. The van der Waals surface area contributed by atoms with Crippen molar-refractivity contribution < 1.29 is 31.4 Å². The third kappa shape index (κ3) is 9.71. The molecule has 0 atom stereocenters. The maximum absolute atomic E-state index is 12.2. The number of aliphatic hydroxyl groups is 1. The first kappa shape index (κ1) is 20.7. The van der Waals surface area contributed by atoms with Crippen LogP contribution in [0.1, 0.15) is 25.7 Å². The number of hydrogen-bond acceptors (Lipinski definition) is 5. The number of rotatable bonds is 9. The third-order valence-electron chi connectivity index (χ3n) is 3.16. The molecule has 0 amide bonds. The number of nitrogens with zero attached hydrogens (tertiary/aromatic N) is 2. The van der Waals surface area contributed by atoms with Gasteiger partial charge in [-0.05, 0) is 12.8 Å². The lowest BCUT2D eigenvalue weighted by Crippen LogP contribution is -2.52. The molecule has 5 nitrogen and oxygen atoms in total. The molecule has 0 spiro atoms. The van der Waals surface area contributed by atoms with Gasteiger partial charge in [-0.25, -0.2) is 5.01 Å². The minimum Gasteiger partial charge on any atom is -0.395 e. The van der Waals surface area contributed by atoms with E-state index in [1.165, 1.54) is 5.01 Å². The average Bonchev–Trinajstić information content (AvgIpc) is 2.42. The Morgan fingerprint density at radius 3 is 2.17 bits per heavy atom. The third-order valence-corrected chi connectivity index (χ3v) is 3.16. The zero-order valence-corrected chi connectivity index (χ0v) is 13.1. The van der Waals surface area contributed by atoms with Crippen LogP contribution in [0.15, 0.2) is 12.0 Å². The van der Waals surface area contributed by atoms with Gasteiger partial charge in [0.2, 0.25) is 0 Å². The van der Waals surface area contributed by atoms with E-state index >= 15 is 0 Å². The molecule has 142 valence electrons. The van der Waals surface area contributed by atoms with Gasteiger partial charge in [0.05, 0.1) is 13.3 Å². The fraction of sp³-hybridized carbons (Fsp3) is 0.846. The summed E-state index contributed by atoms with van der Waals surface area (Å²) in [4.78, 5) is 1.59. The highest BCUT2D eigenvalue weighted by Crippen LogP contribution is 2.23. The van der Waals surface area contributed by atoms with E-state index in [0.717, 1.165) is 0 Å². The predicted molar refractivity (Wildman–Crippen MR) is 75.2 cm³/mol. The van der Waals surface area contributed by atoms with E-state index in [4.69, 9.17) is 5.11 Å². The zero-order chi connectivity index (χ0) is 18.2.